The van der Waals surface area contributed by atoms with Crippen LogP contribution < -0.4 is 4.90 Å². The van der Waals surface area contributed by atoms with Gasteiger partial charge in [-0.2, -0.15) is 13.2 Å². The van der Waals surface area contributed by atoms with Gasteiger partial charge in [0.1, 0.15) is 11.5 Å². The van der Waals surface area contributed by atoms with Crippen LogP contribution in [-0.2, 0) is 17.3 Å². The quantitative estimate of drug-likeness (QED) is 0.707. The van der Waals surface area contributed by atoms with Gasteiger partial charge in [0.25, 0.3) is 5.91 Å². The number of hydrogen-bond donors (Lipinski definition) is 1. The molecule has 0 atom stereocenters. The van der Waals surface area contributed by atoms with Gasteiger partial charge < -0.3 is 19.5 Å². The van der Waals surface area contributed by atoms with Gasteiger partial charge in [-0.3, -0.25) is 4.79 Å². The number of anilines is 1. The van der Waals surface area contributed by atoms with Gasteiger partial charge in [-0.1, -0.05) is 18.5 Å². The third-order valence-electron chi connectivity index (χ3n) is 5.30. The van der Waals surface area contributed by atoms with Gasteiger partial charge >= 0.3 is 12.1 Å². The number of nitrogens with one attached hydrogen (secondary N) is 1. The Balaban J connectivity index is 1.74. The standard InChI is InChI=1S/C20H22ClF3N4O3/c1-4-14-15(19(30)31-3)11(2)16(26-14)18(29)28-7-5-27(6-8-28)17-13(21)9-12(10-25-17)20(22,23)24/h9-10,26H,4-8H2,1-3H3. The lowest BCUT2D eigenvalue weighted by atomic mass is 10.1. The molecule has 0 radical (unpaired) electrons. The molecular weight excluding hydrogens is 437 g/mol. The molecule has 1 fully saturated rings. The van der Waals surface area contributed by atoms with E-state index >= 15 is 0 Å². The smallest absolute Gasteiger partial charge is 0.417 e. The maximum Gasteiger partial charge on any atom is 0.417 e. The average molecular weight is 459 g/mol. The maximum atomic E-state index is 13.0. The molecule has 1 saturated heterocycles. The zero-order valence-corrected chi connectivity index (χ0v) is 18.0. The summed E-state index contributed by atoms with van der Waals surface area (Å²) in [5.74, 6) is -0.509. The molecule has 0 aliphatic carbocycles. The number of aromatic amines is 1. The molecule has 0 aromatic carbocycles. The highest BCUT2D eigenvalue weighted by atomic mass is 35.5. The van der Waals surface area contributed by atoms with E-state index in [-0.39, 0.29) is 16.7 Å². The number of carbonyl (C=O) groups excluding carboxylic acids is 2. The van der Waals surface area contributed by atoms with E-state index in [2.05, 4.69) is 9.97 Å². The molecule has 11 heteroatoms. The highest BCUT2D eigenvalue weighted by Crippen LogP contribution is 2.34. The summed E-state index contributed by atoms with van der Waals surface area (Å²) in [7, 11) is 1.29. The molecule has 7 nitrogen and oxygen atoms in total. The number of nitrogens with zero attached hydrogens (tertiary/aromatic N) is 3. The predicted molar refractivity (Wildman–Crippen MR) is 109 cm³/mol. The molecule has 2 aromatic heterocycles. The van der Waals surface area contributed by atoms with Crippen LogP contribution in [0, 0.1) is 6.92 Å². The van der Waals surface area contributed by atoms with E-state index in [0.29, 0.717) is 55.1 Å². The number of rotatable bonds is 4. The SMILES string of the molecule is CCc1[nH]c(C(=O)N2CCN(c3ncc(C(F)(F)F)cc3Cl)CC2)c(C)c1C(=O)OC. The second kappa shape index (κ2) is 8.78. The van der Waals surface area contributed by atoms with Gasteiger partial charge in [0.2, 0.25) is 0 Å². The Bertz CT molecular complexity index is 998. The number of methoxy groups -OCH3 is 1. The van der Waals surface area contributed by atoms with E-state index in [0.717, 1.165) is 12.3 Å². The number of hydrogen-bond acceptors (Lipinski definition) is 5. The number of aryl methyl sites for hydroxylation is 1. The first-order valence-corrected chi connectivity index (χ1v) is 10.0. The van der Waals surface area contributed by atoms with Gasteiger partial charge in [0.05, 0.1) is 23.3 Å². The van der Waals surface area contributed by atoms with Crippen LogP contribution in [0.15, 0.2) is 12.3 Å². The van der Waals surface area contributed by atoms with Crippen molar-refractivity contribution in [1.82, 2.24) is 14.9 Å². The van der Waals surface area contributed by atoms with E-state index in [1.807, 2.05) is 6.92 Å². The fourth-order valence-electron chi connectivity index (χ4n) is 3.61. The van der Waals surface area contributed by atoms with Crippen molar-refractivity contribution in [2.45, 2.75) is 26.4 Å². The molecule has 31 heavy (non-hydrogen) atoms. The molecule has 3 rings (SSSR count). The second-order valence-corrected chi connectivity index (χ2v) is 7.54. The van der Waals surface area contributed by atoms with E-state index in [1.165, 1.54) is 7.11 Å². The van der Waals surface area contributed by atoms with Crippen LogP contribution in [-0.4, -0.2) is 60.0 Å². The lowest BCUT2D eigenvalue weighted by Crippen LogP contribution is -2.49. The highest BCUT2D eigenvalue weighted by Gasteiger charge is 2.33. The first-order valence-electron chi connectivity index (χ1n) is 9.65. The van der Waals surface area contributed by atoms with Crippen LogP contribution in [0.3, 0.4) is 0 Å². The third-order valence-corrected chi connectivity index (χ3v) is 5.58. The molecule has 3 heterocycles. The van der Waals surface area contributed by atoms with Crippen molar-refractivity contribution in [2.75, 3.05) is 38.2 Å². The van der Waals surface area contributed by atoms with Crippen LogP contribution in [0.4, 0.5) is 19.0 Å². The predicted octanol–water partition coefficient (Wildman–Crippen LogP) is 3.70. The van der Waals surface area contributed by atoms with Crippen molar-refractivity contribution < 1.29 is 27.5 Å². The first kappa shape index (κ1) is 22.9. The summed E-state index contributed by atoms with van der Waals surface area (Å²) in [6, 6.07) is 0.852. The Morgan fingerprint density at radius 3 is 2.42 bits per heavy atom. The molecular formula is C20H22ClF3N4O3. The molecule has 0 unspecified atom stereocenters. The maximum absolute atomic E-state index is 13.0. The van der Waals surface area contributed by atoms with E-state index in [1.54, 1.807) is 16.7 Å². The zero-order chi connectivity index (χ0) is 22.9. The molecule has 1 N–H and O–H groups in total. The molecule has 2 aromatic rings. The number of alkyl halides is 3. The number of halogens is 4. The van der Waals surface area contributed by atoms with Crippen molar-refractivity contribution in [3.8, 4) is 0 Å². The van der Waals surface area contributed by atoms with Crippen LogP contribution in [0.5, 0.6) is 0 Å². The monoisotopic (exact) mass is 458 g/mol. The Morgan fingerprint density at radius 2 is 1.90 bits per heavy atom. The van der Waals surface area contributed by atoms with Crippen LogP contribution in [0.2, 0.25) is 5.02 Å². The minimum absolute atomic E-state index is 0.0925. The molecule has 1 amide bonds. The summed E-state index contributed by atoms with van der Waals surface area (Å²) in [5.41, 5.74) is 0.949. The fourth-order valence-corrected chi connectivity index (χ4v) is 3.90. The summed E-state index contributed by atoms with van der Waals surface area (Å²) >= 11 is 6.03. The van der Waals surface area contributed by atoms with Crippen LogP contribution >= 0.6 is 11.6 Å². The largest absolute Gasteiger partial charge is 0.465 e. The molecule has 0 spiro atoms. The number of ether oxygens (including phenoxy) is 1. The summed E-state index contributed by atoms with van der Waals surface area (Å²) in [6.45, 7) is 4.92. The van der Waals surface area contributed by atoms with Crippen LogP contribution in [0.25, 0.3) is 0 Å². The summed E-state index contributed by atoms with van der Waals surface area (Å²) in [4.78, 5) is 35.4. The van der Waals surface area contributed by atoms with Crippen molar-refractivity contribution >= 4 is 29.3 Å². The lowest BCUT2D eigenvalue weighted by molar-refractivity contribution is -0.137. The Kier molecular flexibility index (Phi) is 6.49. The minimum atomic E-state index is -4.52. The minimum Gasteiger partial charge on any atom is -0.465 e. The Hall–Kier alpha value is -2.75. The molecule has 168 valence electrons. The number of carbonyl (C=O) groups is 2. The van der Waals surface area contributed by atoms with Crippen molar-refractivity contribution in [3.05, 3.63) is 45.4 Å². The van der Waals surface area contributed by atoms with Crippen molar-refractivity contribution in [2.24, 2.45) is 0 Å². The second-order valence-electron chi connectivity index (χ2n) is 7.13. The van der Waals surface area contributed by atoms with Gasteiger partial charge in [-0.05, 0) is 25.0 Å². The number of amides is 1. The van der Waals surface area contributed by atoms with Crippen molar-refractivity contribution in [3.63, 3.8) is 0 Å². The Labute approximate surface area is 182 Å². The van der Waals surface area contributed by atoms with E-state index in [4.69, 9.17) is 16.3 Å². The molecule has 1 aliphatic heterocycles. The first-order chi connectivity index (χ1) is 14.6. The summed E-state index contributed by atoms with van der Waals surface area (Å²) < 4.78 is 43.3. The topological polar surface area (TPSA) is 78.5 Å². The number of esters is 1. The lowest BCUT2D eigenvalue weighted by Gasteiger charge is -2.35. The van der Waals surface area contributed by atoms with E-state index in [9.17, 15) is 22.8 Å². The molecule has 0 bridgehead atoms. The van der Waals surface area contributed by atoms with E-state index < -0.39 is 17.7 Å². The third kappa shape index (κ3) is 4.48. The number of piperazine rings is 1. The molecule has 1 aliphatic rings. The normalized spacial score (nSPS) is 14.7. The zero-order valence-electron chi connectivity index (χ0n) is 17.3. The summed E-state index contributed by atoms with van der Waals surface area (Å²) in [6.07, 6.45) is -3.24. The molecule has 0 saturated carbocycles. The van der Waals surface area contributed by atoms with Gasteiger partial charge in [0.15, 0.2) is 0 Å². The van der Waals surface area contributed by atoms with Crippen LogP contribution in [0.1, 0.15) is 44.6 Å². The van der Waals surface area contributed by atoms with Gasteiger partial charge in [-0.25, -0.2) is 9.78 Å². The summed E-state index contributed by atoms with van der Waals surface area (Å²) in [5, 5.41) is -0.0925. The number of H-pyrrole nitrogens is 1. The highest BCUT2D eigenvalue weighted by molar-refractivity contribution is 6.33. The Morgan fingerprint density at radius 1 is 1.26 bits per heavy atom. The average Bonchev–Trinajstić information content (AvgIpc) is 3.08. The number of pyridine rings is 1. The van der Waals surface area contributed by atoms with Crippen molar-refractivity contribution in [1.29, 1.82) is 0 Å². The van der Waals surface area contributed by atoms with Gasteiger partial charge in [-0.15, -0.1) is 0 Å². The number of aromatic nitrogens is 2. The van der Waals surface area contributed by atoms with Gasteiger partial charge in [0, 0.05) is 38.1 Å². The fraction of sp³-hybridized carbons (Fsp3) is 0.450.